The highest BCUT2D eigenvalue weighted by Gasteiger charge is 2.25. The maximum absolute atomic E-state index is 9.95. The van der Waals surface area contributed by atoms with Crippen molar-refractivity contribution in [1.82, 2.24) is 9.97 Å². The largest absolute Gasteiger partial charge is 0.391 e. The zero-order valence-corrected chi connectivity index (χ0v) is 11.3. The van der Waals surface area contributed by atoms with Gasteiger partial charge in [0.1, 0.15) is 17.1 Å². The Labute approximate surface area is 117 Å². The van der Waals surface area contributed by atoms with Gasteiger partial charge >= 0.3 is 0 Å². The monoisotopic (exact) mass is 268 g/mol. The van der Waals surface area contributed by atoms with Crippen LogP contribution >= 0.6 is 0 Å². The molecule has 1 aliphatic rings. The highest BCUT2D eigenvalue weighted by molar-refractivity contribution is 5.91. The SMILES string of the molecule is CC1CC(O)CN(c2ccc(C#N)c3nccnc23)C1. The lowest BCUT2D eigenvalue weighted by Gasteiger charge is -2.36. The lowest BCUT2D eigenvalue weighted by atomic mass is 9.97. The number of nitriles is 1. The second kappa shape index (κ2) is 5.06. The molecule has 2 heterocycles. The second-order valence-corrected chi connectivity index (χ2v) is 5.40. The smallest absolute Gasteiger partial charge is 0.113 e. The van der Waals surface area contributed by atoms with Gasteiger partial charge in [-0.3, -0.25) is 9.97 Å². The number of rotatable bonds is 1. The van der Waals surface area contributed by atoms with Gasteiger partial charge in [0.25, 0.3) is 0 Å². The number of β-amino-alcohol motifs (C(OH)–C–C–N with tert-alkyl or cyclic N) is 1. The summed E-state index contributed by atoms with van der Waals surface area (Å²) in [5, 5.41) is 19.1. The summed E-state index contributed by atoms with van der Waals surface area (Å²) in [6.07, 6.45) is 3.74. The zero-order chi connectivity index (χ0) is 14.1. The molecular weight excluding hydrogens is 252 g/mol. The summed E-state index contributed by atoms with van der Waals surface area (Å²) < 4.78 is 0. The molecule has 1 fully saturated rings. The number of hydrogen-bond donors (Lipinski definition) is 1. The van der Waals surface area contributed by atoms with Crippen LogP contribution in [0.4, 0.5) is 5.69 Å². The maximum Gasteiger partial charge on any atom is 0.113 e. The van der Waals surface area contributed by atoms with E-state index in [1.54, 1.807) is 18.5 Å². The van der Waals surface area contributed by atoms with Gasteiger partial charge in [-0.05, 0) is 24.5 Å². The average Bonchev–Trinajstić information content (AvgIpc) is 2.45. The molecule has 2 atom stereocenters. The van der Waals surface area contributed by atoms with E-state index in [4.69, 9.17) is 5.26 Å². The minimum absolute atomic E-state index is 0.318. The van der Waals surface area contributed by atoms with E-state index in [2.05, 4.69) is 27.9 Å². The summed E-state index contributed by atoms with van der Waals surface area (Å²) in [5.74, 6) is 0.432. The lowest BCUT2D eigenvalue weighted by Crippen LogP contribution is -2.42. The van der Waals surface area contributed by atoms with Crippen molar-refractivity contribution in [3.63, 3.8) is 0 Å². The van der Waals surface area contributed by atoms with E-state index in [1.165, 1.54) is 0 Å². The third kappa shape index (κ3) is 2.19. The molecule has 5 nitrogen and oxygen atoms in total. The Morgan fingerprint density at radius 3 is 2.70 bits per heavy atom. The second-order valence-electron chi connectivity index (χ2n) is 5.40. The number of nitrogens with zero attached hydrogens (tertiary/aromatic N) is 4. The number of aliphatic hydroxyl groups is 1. The molecule has 1 N–H and O–H groups in total. The fourth-order valence-corrected chi connectivity index (χ4v) is 2.90. The minimum atomic E-state index is -0.318. The maximum atomic E-state index is 9.95. The molecule has 2 aromatic rings. The van der Waals surface area contributed by atoms with Crippen molar-refractivity contribution in [1.29, 1.82) is 5.26 Å². The summed E-state index contributed by atoms with van der Waals surface area (Å²) in [6, 6.07) is 5.83. The van der Waals surface area contributed by atoms with Crippen molar-refractivity contribution >= 4 is 16.7 Å². The predicted molar refractivity (Wildman–Crippen MR) is 76.3 cm³/mol. The van der Waals surface area contributed by atoms with Crippen molar-refractivity contribution in [2.75, 3.05) is 18.0 Å². The van der Waals surface area contributed by atoms with Crippen LogP contribution in [0.2, 0.25) is 0 Å². The molecular formula is C15H16N4O. The van der Waals surface area contributed by atoms with Crippen LogP contribution in [0.5, 0.6) is 0 Å². The number of hydrogen-bond acceptors (Lipinski definition) is 5. The number of anilines is 1. The van der Waals surface area contributed by atoms with Gasteiger partial charge in [0, 0.05) is 25.5 Å². The van der Waals surface area contributed by atoms with Gasteiger partial charge in [-0.15, -0.1) is 0 Å². The first kappa shape index (κ1) is 12.8. The van der Waals surface area contributed by atoms with Crippen LogP contribution in [-0.4, -0.2) is 34.3 Å². The normalized spacial score (nSPS) is 22.8. The topological polar surface area (TPSA) is 73.0 Å². The van der Waals surface area contributed by atoms with E-state index in [0.29, 0.717) is 23.5 Å². The van der Waals surface area contributed by atoms with Gasteiger partial charge in [-0.1, -0.05) is 6.92 Å². The molecule has 20 heavy (non-hydrogen) atoms. The van der Waals surface area contributed by atoms with Crippen molar-refractivity contribution < 1.29 is 5.11 Å². The fourth-order valence-electron chi connectivity index (χ4n) is 2.90. The van der Waals surface area contributed by atoms with E-state index >= 15 is 0 Å². The van der Waals surface area contributed by atoms with E-state index < -0.39 is 0 Å². The van der Waals surface area contributed by atoms with Crippen LogP contribution in [-0.2, 0) is 0 Å². The van der Waals surface area contributed by atoms with Gasteiger partial charge in [-0.2, -0.15) is 5.26 Å². The van der Waals surface area contributed by atoms with Crippen molar-refractivity contribution in [3.05, 3.63) is 30.1 Å². The Balaban J connectivity index is 2.11. The number of aromatic nitrogens is 2. The number of benzene rings is 1. The molecule has 5 heteroatoms. The van der Waals surface area contributed by atoms with Crippen molar-refractivity contribution in [2.24, 2.45) is 5.92 Å². The molecule has 1 aromatic carbocycles. The van der Waals surface area contributed by atoms with Gasteiger partial charge in [0.05, 0.1) is 17.4 Å². The fraction of sp³-hybridized carbons (Fsp3) is 0.400. The molecule has 2 unspecified atom stereocenters. The summed E-state index contributed by atoms with van der Waals surface area (Å²) in [5.41, 5.74) is 2.83. The molecule has 0 bridgehead atoms. The molecule has 0 saturated carbocycles. The van der Waals surface area contributed by atoms with Crippen LogP contribution < -0.4 is 4.90 Å². The molecule has 3 rings (SSSR count). The Morgan fingerprint density at radius 2 is 2.00 bits per heavy atom. The van der Waals surface area contributed by atoms with Crippen LogP contribution in [0.1, 0.15) is 18.9 Å². The van der Waals surface area contributed by atoms with E-state index in [9.17, 15) is 5.11 Å². The van der Waals surface area contributed by atoms with Crippen LogP contribution in [0.15, 0.2) is 24.5 Å². The Hall–Kier alpha value is -2.19. The molecule has 1 aliphatic heterocycles. The predicted octanol–water partition coefficient (Wildman–Crippen LogP) is 1.71. The molecule has 0 spiro atoms. The standard InChI is InChI=1S/C15H16N4O/c1-10-6-12(20)9-19(8-10)13-3-2-11(7-16)14-15(13)18-5-4-17-14/h2-5,10,12,20H,6,8-9H2,1H3. The summed E-state index contributed by atoms with van der Waals surface area (Å²) in [7, 11) is 0. The quantitative estimate of drug-likeness (QED) is 0.852. The van der Waals surface area contributed by atoms with Crippen LogP contribution in [0.25, 0.3) is 11.0 Å². The number of piperidine rings is 1. The van der Waals surface area contributed by atoms with Gasteiger partial charge in [-0.25, -0.2) is 0 Å². The Bertz CT molecular complexity index is 669. The number of aliphatic hydroxyl groups excluding tert-OH is 1. The van der Waals surface area contributed by atoms with E-state index in [0.717, 1.165) is 24.2 Å². The van der Waals surface area contributed by atoms with E-state index in [1.807, 2.05) is 6.07 Å². The molecule has 0 aliphatic carbocycles. The molecule has 102 valence electrons. The highest BCUT2D eigenvalue weighted by atomic mass is 16.3. The first-order valence-corrected chi connectivity index (χ1v) is 6.76. The zero-order valence-electron chi connectivity index (χ0n) is 11.3. The van der Waals surface area contributed by atoms with Crippen molar-refractivity contribution in [3.8, 4) is 6.07 Å². The van der Waals surface area contributed by atoms with Gasteiger partial charge < -0.3 is 10.0 Å². The first-order chi connectivity index (χ1) is 9.69. The average molecular weight is 268 g/mol. The third-order valence-electron chi connectivity index (χ3n) is 3.70. The van der Waals surface area contributed by atoms with Crippen LogP contribution in [0.3, 0.4) is 0 Å². The molecule has 1 aromatic heterocycles. The number of fused-ring (bicyclic) bond motifs is 1. The molecule has 1 saturated heterocycles. The van der Waals surface area contributed by atoms with Crippen molar-refractivity contribution in [2.45, 2.75) is 19.4 Å². The Morgan fingerprint density at radius 1 is 1.25 bits per heavy atom. The summed E-state index contributed by atoms with van der Waals surface area (Å²) in [6.45, 7) is 3.61. The molecule has 0 radical (unpaired) electrons. The lowest BCUT2D eigenvalue weighted by molar-refractivity contribution is 0.132. The third-order valence-corrected chi connectivity index (χ3v) is 3.70. The van der Waals surface area contributed by atoms with Gasteiger partial charge in [0.2, 0.25) is 0 Å². The highest BCUT2D eigenvalue weighted by Crippen LogP contribution is 2.29. The van der Waals surface area contributed by atoms with Crippen LogP contribution in [0, 0.1) is 17.2 Å². The van der Waals surface area contributed by atoms with Gasteiger partial charge in [0.15, 0.2) is 0 Å². The summed E-state index contributed by atoms with van der Waals surface area (Å²) >= 11 is 0. The van der Waals surface area contributed by atoms with E-state index in [-0.39, 0.29) is 6.10 Å². The Kier molecular flexibility index (Phi) is 3.25. The molecule has 0 amide bonds. The summed E-state index contributed by atoms with van der Waals surface area (Å²) in [4.78, 5) is 10.8. The minimum Gasteiger partial charge on any atom is -0.391 e. The first-order valence-electron chi connectivity index (χ1n) is 6.76.